The van der Waals surface area contributed by atoms with Crippen LogP contribution in [-0.4, -0.2) is 24.1 Å². The standard InChI is InChI=1S/C9H17N3S/c1-5-6-8-7(2)10-9(13-8)11-12(3)4/h5-6H2,1-4H3,(H,10,11). The van der Waals surface area contributed by atoms with Crippen LogP contribution in [0.25, 0.3) is 0 Å². The van der Waals surface area contributed by atoms with E-state index >= 15 is 0 Å². The maximum absolute atomic E-state index is 4.44. The van der Waals surface area contributed by atoms with Gasteiger partial charge in [-0.25, -0.2) is 9.99 Å². The fraction of sp³-hybridized carbons (Fsp3) is 0.667. The minimum absolute atomic E-state index is 0.992. The van der Waals surface area contributed by atoms with Crippen molar-refractivity contribution in [3.05, 3.63) is 10.6 Å². The maximum atomic E-state index is 4.44. The number of hydrogen-bond acceptors (Lipinski definition) is 4. The number of thiazole rings is 1. The zero-order valence-electron chi connectivity index (χ0n) is 8.72. The molecule has 0 saturated heterocycles. The molecule has 4 heteroatoms. The summed E-state index contributed by atoms with van der Waals surface area (Å²) in [6.45, 7) is 4.26. The zero-order valence-corrected chi connectivity index (χ0v) is 9.53. The lowest BCUT2D eigenvalue weighted by Gasteiger charge is -2.08. The molecule has 0 radical (unpaired) electrons. The van der Waals surface area contributed by atoms with E-state index in [0.717, 1.165) is 17.2 Å². The van der Waals surface area contributed by atoms with Gasteiger partial charge < -0.3 is 0 Å². The van der Waals surface area contributed by atoms with E-state index in [9.17, 15) is 0 Å². The van der Waals surface area contributed by atoms with E-state index in [4.69, 9.17) is 0 Å². The van der Waals surface area contributed by atoms with Crippen molar-refractivity contribution in [2.75, 3.05) is 19.5 Å². The molecule has 0 aliphatic carbocycles. The van der Waals surface area contributed by atoms with Gasteiger partial charge in [-0.2, -0.15) is 0 Å². The Hall–Kier alpha value is -0.610. The van der Waals surface area contributed by atoms with E-state index in [1.54, 1.807) is 11.3 Å². The molecular weight excluding hydrogens is 182 g/mol. The highest BCUT2D eigenvalue weighted by Crippen LogP contribution is 2.23. The Bertz CT molecular complexity index is 268. The molecule has 0 fully saturated rings. The van der Waals surface area contributed by atoms with Crippen LogP contribution in [0.5, 0.6) is 0 Å². The van der Waals surface area contributed by atoms with Crippen molar-refractivity contribution in [1.29, 1.82) is 0 Å². The van der Waals surface area contributed by atoms with E-state index in [2.05, 4.69) is 24.3 Å². The van der Waals surface area contributed by atoms with Crippen LogP contribution in [0.4, 0.5) is 5.13 Å². The summed E-state index contributed by atoms with van der Waals surface area (Å²) in [5.41, 5.74) is 4.33. The molecule has 3 nitrogen and oxygen atoms in total. The SMILES string of the molecule is CCCc1sc(NN(C)C)nc1C. The monoisotopic (exact) mass is 199 g/mol. The summed E-state index contributed by atoms with van der Waals surface area (Å²) in [6.07, 6.45) is 2.32. The molecule has 1 heterocycles. The van der Waals surface area contributed by atoms with Gasteiger partial charge in [0.25, 0.3) is 0 Å². The van der Waals surface area contributed by atoms with Crippen molar-refractivity contribution < 1.29 is 0 Å². The van der Waals surface area contributed by atoms with Gasteiger partial charge in [-0.05, 0) is 13.3 Å². The Morgan fingerprint density at radius 3 is 2.69 bits per heavy atom. The van der Waals surface area contributed by atoms with Crippen molar-refractivity contribution >= 4 is 16.5 Å². The average Bonchev–Trinajstić information content (AvgIpc) is 2.31. The number of hydrazine groups is 1. The highest BCUT2D eigenvalue weighted by Gasteiger charge is 2.06. The van der Waals surface area contributed by atoms with Crippen molar-refractivity contribution in [2.45, 2.75) is 26.7 Å². The molecule has 0 unspecified atom stereocenters. The van der Waals surface area contributed by atoms with Crippen LogP contribution in [-0.2, 0) is 6.42 Å². The van der Waals surface area contributed by atoms with Gasteiger partial charge in [0.2, 0.25) is 0 Å². The fourth-order valence-corrected chi connectivity index (χ4v) is 2.27. The van der Waals surface area contributed by atoms with Gasteiger partial charge in [0.05, 0.1) is 5.69 Å². The average molecular weight is 199 g/mol. The smallest absolute Gasteiger partial charge is 0.197 e. The Morgan fingerprint density at radius 1 is 1.46 bits per heavy atom. The van der Waals surface area contributed by atoms with Gasteiger partial charge in [0, 0.05) is 19.0 Å². The Kier molecular flexibility index (Phi) is 3.69. The zero-order chi connectivity index (χ0) is 9.84. The van der Waals surface area contributed by atoms with Gasteiger partial charge in [-0.15, -0.1) is 11.3 Å². The molecule has 13 heavy (non-hydrogen) atoms. The highest BCUT2D eigenvalue weighted by molar-refractivity contribution is 7.15. The number of hydrogen-bond donors (Lipinski definition) is 1. The summed E-state index contributed by atoms with van der Waals surface area (Å²) in [5.74, 6) is 0. The maximum Gasteiger partial charge on any atom is 0.197 e. The van der Waals surface area contributed by atoms with Crippen LogP contribution in [0.15, 0.2) is 0 Å². The van der Waals surface area contributed by atoms with E-state index in [1.165, 1.54) is 11.3 Å². The molecule has 1 rings (SSSR count). The highest BCUT2D eigenvalue weighted by atomic mass is 32.1. The summed E-state index contributed by atoms with van der Waals surface area (Å²) in [4.78, 5) is 5.83. The predicted molar refractivity (Wildman–Crippen MR) is 58.2 cm³/mol. The molecule has 0 aromatic carbocycles. The second kappa shape index (κ2) is 4.58. The van der Waals surface area contributed by atoms with E-state index in [-0.39, 0.29) is 0 Å². The van der Waals surface area contributed by atoms with Crippen molar-refractivity contribution in [3.63, 3.8) is 0 Å². The van der Waals surface area contributed by atoms with Crippen LogP contribution in [0.3, 0.4) is 0 Å². The third-order valence-corrected chi connectivity index (χ3v) is 2.81. The van der Waals surface area contributed by atoms with Crippen LogP contribution in [0.1, 0.15) is 23.9 Å². The summed E-state index contributed by atoms with van der Waals surface area (Å²) >= 11 is 1.75. The van der Waals surface area contributed by atoms with Gasteiger partial charge in [-0.3, -0.25) is 5.43 Å². The van der Waals surface area contributed by atoms with Crippen LogP contribution in [0, 0.1) is 6.92 Å². The van der Waals surface area contributed by atoms with Crippen LogP contribution < -0.4 is 5.43 Å². The summed E-state index contributed by atoms with van der Waals surface area (Å²) < 4.78 is 0. The van der Waals surface area contributed by atoms with Crippen LogP contribution >= 0.6 is 11.3 Å². The lowest BCUT2D eigenvalue weighted by molar-refractivity contribution is 0.494. The number of anilines is 1. The quantitative estimate of drug-likeness (QED) is 0.754. The first-order valence-corrected chi connectivity index (χ1v) is 5.35. The third kappa shape index (κ3) is 2.97. The fourth-order valence-electron chi connectivity index (χ4n) is 1.13. The molecule has 0 atom stereocenters. The number of rotatable bonds is 4. The minimum Gasteiger partial charge on any atom is -0.295 e. The Balaban J connectivity index is 2.70. The molecule has 0 bridgehead atoms. The summed E-state index contributed by atoms with van der Waals surface area (Å²) in [7, 11) is 3.94. The number of aryl methyl sites for hydroxylation is 2. The summed E-state index contributed by atoms with van der Waals surface area (Å²) in [5, 5.41) is 2.90. The molecule has 1 aromatic heterocycles. The lowest BCUT2D eigenvalue weighted by atomic mass is 10.2. The molecular formula is C9H17N3S. The van der Waals surface area contributed by atoms with Gasteiger partial charge in [0.15, 0.2) is 5.13 Å². The normalized spacial score (nSPS) is 10.8. The molecule has 1 N–H and O–H groups in total. The van der Waals surface area contributed by atoms with Gasteiger partial charge in [0.1, 0.15) is 0 Å². The second-order valence-corrected chi connectivity index (χ2v) is 4.37. The van der Waals surface area contributed by atoms with Crippen LogP contribution in [0.2, 0.25) is 0 Å². The van der Waals surface area contributed by atoms with E-state index in [0.29, 0.717) is 0 Å². The van der Waals surface area contributed by atoms with Gasteiger partial charge >= 0.3 is 0 Å². The van der Waals surface area contributed by atoms with Crippen molar-refractivity contribution in [3.8, 4) is 0 Å². The molecule has 0 saturated carbocycles. The minimum atomic E-state index is 0.992. The predicted octanol–water partition coefficient (Wildman–Crippen LogP) is 2.29. The number of nitrogens with zero attached hydrogens (tertiary/aromatic N) is 2. The molecule has 0 aliphatic heterocycles. The topological polar surface area (TPSA) is 28.2 Å². The molecule has 0 amide bonds. The van der Waals surface area contributed by atoms with Gasteiger partial charge in [-0.1, -0.05) is 13.3 Å². The third-order valence-electron chi connectivity index (χ3n) is 1.69. The lowest BCUT2D eigenvalue weighted by Crippen LogP contribution is -2.19. The van der Waals surface area contributed by atoms with Crippen molar-refractivity contribution in [2.24, 2.45) is 0 Å². The largest absolute Gasteiger partial charge is 0.295 e. The second-order valence-electron chi connectivity index (χ2n) is 3.28. The molecule has 0 aliphatic rings. The number of nitrogens with one attached hydrogen (secondary N) is 1. The first-order valence-electron chi connectivity index (χ1n) is 4.53. The van der Waals surface area contributed by atoms with Crippen molar-refractivity contribution in [1.82, 2.24) is 9.99 Å². The summed E-state index contributed by atoms with van der Waals surface area (Å²) in [6, 6.07) is 0. The number of aromatic nitrogens is 1. The first kappa shape index (κ1) is 10.5. The van der Waals surface area contributed by atoms with E-state index in [1.807, 2.05) is 19.1 Å². The molecule has 1 aromatic rings. The molecule has 0 spiro atoms. The Labute approximate surface area is 83.8 Å². The van der Waals surface area contributed by atoms with E-state index < -0.39 is 0 Å². The molecule has 74 valence electrons. The Morgan fingerprint density at radius 2 is 2.15 bits per heavy atom. The first-order chi connectivity index (χ1) is 6.13.